The molecule has 1 aliphatic rings. The number of aromatic nitrogens is 2. The molecule has 1 aliphatic heterocycles. The molecule has 0 aliphatic carbocycles. The number of hydrogen-bond donors (Lipinski definition) is 1. The Labute approximate surface area is 140 Å². The van der Waals surface area contributed by atoms with E-state index in [-0.39, 0.29) is 5.91 Å². The Morgan fingerprint density at radius 3 is 2.46 bits per heavy atom. The summed E-state index contributed by atoms with van der Waals surface area (Å²) < 4.78 is 1.82. The number of carboxylic acids is 1. The molecular formula is C18H21N3O3. The predicted octanol–water partition coefficient (Wildman–Crippen LogP) is 2.57. The molecule has 0 radical (unpaired) electrons. The van der Waals surface area contributed by atoms with Gasteiger partial charge < -0.3 is 10.0 Å². The number of nitrogens with zero attached hydrogens (tertiary/aromatic N) is 3. The Kier molecular flexibility index (Phi) is 4.38. The van der Waals surface area contributed by atoms with Crippen LogP contribution in [0.3, 0.4) is 0 Å². The molecule has 6 heteroatoms. The number of carboxylic acid groups (broad SMARTS) is 1. The molecule has 6 nitrogen and oxygen atoms in total. The van der Waals surface area contributed by atoms with Gasteiger partial charge in [0, 0.05) is 17.8 Å². The number of carbonyl (C=O) groups is 2. The molecule has 0 saturated carbocycles. The smallest absolute Gasteiger partial charge is 0.326 e. The minimum absolute atomic E-state index is 0.220. The first kappa shape index (κ1) is 16.2. The second-order valence-corrected chi connectivity index (χ2v) is 6.23. The number of rotatable bonds is 3. The Hall–Kier alpha value is -2.63. The maximum absolute atomic E-state index is 12.7. The summed E-state index contributed by atoms with van der Waals surface area (Å²) in [7, 11) is 0. The predicted molar refractivity (Wildman–Crippen MR) is 89.3 cm³/mol. The molecule has 1 saturated heterocycles. The van der Waals surface area contributed by atoms with Crippen LogP contribution in [0, 0.1) is 13.8 Å². The van der Waals surface area contributed by atoms with Gasteiger partial charge >= 0.3 is 5.97 Å². The molecule has 1 aromatic heterocycles. The average molecular weight is 327 g/mol. The normalized spacial score (nSPS) is 17.8. The number of benzene rings is 1. The minimum atomic E-state index is -0.928. The fourth-order valence-corrected chi connectivity index (χ4v) is 3.23. The van der Waals surface area contributed by atoms with Gasteiger partial charge in [-0.05, 0) is 63.4 Å². The maximum atomic E-state index is 12.7. The molecule has 1 aromatic carbocycles. The van der Waals surface area contributed by atoms with Gasteiger partial charge in [0.2, 0.25) is 0 Å². The summed E-state index contributed by atoms with van der Waals surface area (Å²) in [5.74, 6) is -1.15. The maximum Gasteiger partial charge on any atom is 0.326 e. The van der Waals surface area contributed by atoms with E-state index >= 15 is 0 Å². The highest BCUT2D eigenvalue weighted by Gasteiger charge is 2.32. The minimum Gasteiger partial charge on any atom is -0.480 e. The van der Waals surface area contributed by atoms with Crippen molar-refractivity contribution in [1.29, 1.82) is 0 Å². The molecule has 1 fully saturated rings. The Morgan fingerprint density at radius 2 is 1.88 bits per heavy atom. The van der Waals surface area contributed by atoms with Crippen LogP contribution in [0.5, 0.6) is 0 Å². The molecule has 3 rings (SSSR count). The van der Waals surface area contributed by atoms with Gasteiger partial charge in [-0.3, -0.25) is 4.79 Å². The van der Waals surface area contributed by atoms with Gasteiger partial charge in [-0.15, -0.1) is 0 Å². The number of likely N-dealkylation sites (tertiary alicyclic amines) is 1. The van der Waals surface area contributed by atoms with Crippen molar-refractivity contribution in [2.24, 2.45) is 0 Å². The third-order valence-corrected chi connectivity index (χ3v) is 4.42. The fraction of sp³-hybridized carbons (Fsp3) is 0.389. The summed E-state index contributed by atoms with van der Waals surface area (Å²) in [5, 5.41) is 13.7. The van der Waals surface area contributed by atoms with E-state index in [0.29, 0.717) is 18.5 Å². The second-order valence-electron chi connectivity index (χ2n) is 6.23. The van der Waals surface area contributed by atoms with Crippen molar-refractivity contribution in [2.75, 3.05) is 6.54 Å². The molecule has 1 N–H and O–H groups in total. The SMILES string of the molecule is Cc1cc(C)n(-c2ccc(C(=O)N3CCCC[C@H]3C(=O)O)cc2)n1. The van der Waals surface area contributed by atoms with E-state index < -0.39 is 12.0 Å². The van der Waals surface area contributed by atoms with Crippen LogP contribution >= 0.6 is 0 Å². The first-order valence-electron chi connectivity index (χ1n) is 8.15. The van der Waals surface area contributed by atoms with E-state index in [0.717, 1.165) is 29.9 Å². The molecule has 1 amide bonds. The number of aryl methyl sites for hydroxylation is 2. The van der Waals surface area contributed by atoms with Crippen LogP contribution in [0.2, 0.25) is 0 Å². The summed E-state index contributed by atoms with van der Waals surface area (Å²) in [6.45, 7) is 4.41. The number of hydrogen-bond acceptors (Lipinski definition) is 3. The summed E-state index contributed by atoms with van der Waals surface area (Å²) >= 11 is 0. The summed E-state index contributed by atoms with van der Waals surface area (Å²) in [6.07, 6.45) is 2.21. The fourth-order valence-electron chi connectivity index (χ4n) is 3.23. The van der Waals surface area contributed by atoms with E-state index in [1.165, 1.54) is 4.90 Å². The van der Waals surface area contributed by atoms with Gasteiger partial charge in [-0.25, -0.2) is 9.48 Å². The van der Waals surface area contributed by atoms with Crippen LogP contribution in [0.4, 0.5) is 0 Å². The first-order valence-corrected chi connectivity index (χ1v) is 8.15. The van der Waals surface area contributed by atoms with E-state index in [4.69, 9.17) is 0 Å². The van der Waals surface area contributed by atoms with Crippen molar-refractivity contribution in [1.82, 2.24) is 14.7 Å². The van der Waals surface area contributed by atoms with Crippen molar-refractivity contribution in [3.8, 4) is 5.69 Å². The quantitative estimate of drug-likeness (QED) is 0.940. The van der Waals surface area contributed by atoms with Gasteiger partial charge in [0.25, 0.3) is 5.91 Å². The van der Waals surface area contributed by atoms with Crippen LogP contribution in [0.25, 0.3) is 5.69 Å². The number of amides is 1. The summed E-state index contributed by atoms with van der Waals surface area (Å²) in [5.41, 5.74) is 3.35. The van der Waals surface area contributed by atoms with Gasteiger partial charge in [0.1, 0.15) is 6.04 Å². The molecule has 2 heterocycles. The molecule has 24 heavy (non-hydrogen) atoms. The van der Waals surface area contributed by atoms with Crippen molar-refractivity contribution >= 4 is 11.9 Å². The van der Waals surface area contributed by atoms with E-state index in [2.05, 4.69) is 5.10 Å². The van der Waals surface area contributed by atoms with Gasteiger partial charge in [0.05, 0.1) is 11.4 Å². The lowest BCUT2D eigenvalue weighted by atomic mass is 10.0. The number of carbonyl (C=O) groups excluding carboxylic acids is 1. The molecular weight excluding hydrogens is 306 g/mol. The van der Waals surface area contributed by atoms with Crippen molar-refractivity contribution in [3.63, 3.8) is 0 Å². The highest BCUT2D eigenvalue weighted by molar-refractivity contribution is 5.96. The molecule has 1 atom stereocenters. The summed E-state index contributed by atoms with van der Waals surface area (Å²) in [4.78, 5) is 25.5. The second kappa shape index (κ2) is 6.47. The average Bonchev–Trinajstić information content (AvgIpc) is 2.92. The third kappa shape index (κ3) is 3.04. The van der Waals surface area contributed by atoms with Gasteiger partial charge in [0.15, 0.2) is 0 Å². The highest BCUT2D eigenvalue weighted by Crippen LogP contribution is 2.21. The van der Waals surface area contributed by atoms with Crippen LogP contribution < -0.4 is 0 Å². The molecule has 0 bridgehead atoms. The number of piperidine rings is 1. The lowest BCUT2D eigenvalue weighted by Crippen LogP contribution is -2.47. The first-order chi connectivity index (χ1) is 11.5. The standard InChI is InChI=1S/C18H21N3O3/c1-12-11-13(2)21(19-12)15-8-6-14(7-9-15)17(22)20-10-4-3-5-16(20)18(23)24/h6-9,11,16H,3-5,10H2,1-2H3,(H,23,24)/t16-/m0/s1. The van der Waals surface area contributed by atoms with Crippen LogP contribution in [0.1, 0.15) is 41.0 Å². The topological polar surface area (TPSA) is 75.4 Å². The lowest BCUT2D eigenvalue weighted by molar-refractivity contribution is -0.143. The van der Waals surface area contributed by atoms with Crippen LogP contribution in [0.15, 0.2) is 30.3 Å². The van der Waals surface area contributed by atoms with Crippen molar-refractivity contribution in [3.05, 3.63) is 47.3 Å². The van der Waals surface area contributed by atoms with Crippen molar-refractivity contribution in [2.45, 2.75) is 39.2 Å². The van der Waals surface area contributed by atoms with Crippen LogP contribution in [-0.2, 0) is 4.79 Å². The molecule has 0 spiro atoms. The van der Waals surface area contributed by atoms with E-state index in [9.17, 15) is 14.7 Å². The van der Waals surface area contributed by atoms with Crippen molar-refractivity contribution < 1.29 is 14.7 Å². The Balaban J connectivity index is 1.83. The summed E-state index contributed by atoms with van der Waals surface area (Å²) in [6, 6.07) is 8.42. The zero-order valence-electron chi connectivity index (χ0n) is 13.9. The van der Waals surface area contributed by atoms with Gasteiger partial charge in [-0.2, -0.15) is 5.10 Å². The molecule has 2 aromatic rings. The highest BCUT2D eigenvalue weighted by atomic mass is 16.4. The number of aliphatic carboxylic acids is 1. The largest absolute Gasteiger partial charge is 0.480 e. The molecule has 126 valence electrons. The lowest BCUT2D eigenvalue weighted by Gasteiger charge is -2.33. The zero-order valence-corrected chi connectivity index (χ0v) is 13.9. The molecule has 0 unspecified atom stereocenters. The monoisotopic (exact) mass is 327 g/mol. The van der Waals surface area contributed by atoms with E-state index in [1.807, 2.05) is 36.7 Å². The third-order valence-electron chi connectivity index (χ3n) is 4.42. The van der Waals surface area contributed by atoms with Crippen LogP contribution in [-0.4, -0.2) is 44.3 Å². The van der Waals surface area contributed by atoms with E-state index in [1.54, 1.807) is 12.1 Å². The zero-order chi connectivity index (χ0) is 17.3. The Bertz CT molecular complexity index is 764. The van der Waals surface area contributed by atoms with Gasteiger partial charge in [-0.1, -0.05) is 0 Å². The Morgan fingerprint density at radius 1 is 1.17 bits per heavy atom.